The van der Waals surface area contributed by atoms with Crippen molar-refractivity contribution in [2.45, 2.75) is 24.2 Å². The maximum Gasteiger partial charge on any atom is 0.250 e. The molecule has 3 rings (SSSR count). The van der Waals surface area contributed by atoms with E-state index in [1.54, 1.807) is 6.07 Å². The zero-order valence-corrected chi connectivity index (χ0v) is 10.1. The standard InChI is InChI=1S/C12H13F2N5/c13-12(14)5-11(6-12,7-15)9-3-1-2-8(4-9)10-16-18-19-17-10/h1-4H,5-7,15H2,(H,16,17,18,19). The number of alkyl halides is 2. The zero-order chi connectivity index (χ0) is 13.5. The first-order valence-electron chi connectivity index (χ1n) is 5.97. The molecule has 1 aliphatic rings. The van der Waals surface area contributed by atoms with Gasteiger partial charge >= 0.3 is 0 Å². The third kappa shape index (κ3) is 1.99. The molecular weight excluding hydrogens is 252 g/mol. The number of aromatic nitrogens is 4. The third-order valence-electron chi connectivity index (χ3n) is 3.66. The fourth-order valence-corrected chi connectivity index (χ4v) is 2.68. The van der Waals surface area contributed by atoms with E-state index in [-0.39, 0.29) is 19.4 Å². The molecule has 7 heteroatoms. The minimum absolute atomic E-state index is 0.202. The fraction of sp³-hybridized carbons (Fsp3) is 0.417. The number of aromatic amines is 1. The van der Waals surface area contributed by atoms with Crippen molar-refractivity contribution in [3.05, 3.63) is 29.8 Å². The fourth-order valence-electron chi connectivity index (χ4n) is 2.68. The third-order valence-corrected chi connectivity index (χ3v) is 3.66. The van der Waals surface area contributed by atoms with Crippen molar-refractivity contribution in [2.75, 3.05) is 6.54 Å². The summed E-state index contributed by atoms with van der Waals surface area (Å²) in [4.78, 5) is 0. The van der Waals surface area contributed by atoms with E-state index in [0.717, 1.165) is 11.1 Å². The quantitative estimate of drug-likeness (QED) is 0.881. The van der Waals surface area contributed by atoms with E-state index < -0.39 is 11.3 Å². The summed E-state index contributed by atoms with van der Waals surface area (Å²) in [5.74, 6) is -2.17. The monoisotopic (exact) mass is 265 g/mol. The second-order valence-electron chi connectivity index (χ2n) is 5.01. The molecule has 3 N–H and O–H groups in total. The number of H-pyrrole nitrogens is 1. The van der Waals surface area contributed by atoms with Gasteiger partial charge in [-0.3, -0.25) is 0 Å². The van der Waals surface area contributed by atoms with E-state index in [1.807, 2.05) is 18.2 Å². The average molecular weight is 265 g/mol. The van der Waals surface area contributed by atoms with E-state index in [9.17, 15) is 8.78 Å². The number of tetrazole rings is 1. The van der Waals surface area contributed by atoms with Crippen molar-refractivity contribution < 1.29 is 8.78 Å². The summed E-state index contributed by atoms with van der Waals surface area (Å²) in [5, 5.41) is 13.6. The van der Waals surface area contributed by atoms with Crippen molar-refractivity contribution >= 4 is 0 Å². The number of halogens is 2. The molecule has 1 aromatic carbocycles. The smallest absolute Gasteiger partial charge is 0.250 e. The van der Waals surface area contributed by atoms with E-state index in [4.69, 9.17) is 5.73 Å². The first-order chi connectivity index (χ1) is 9.05. The predicted molar refractivity (Wildman–Crippen MR) is 64.5 cm³/mol. The summed E-state index contributed by atoms with van der Waals surface area (Å²) in [7, 11) is 0. The van der Waals surface area contributed by atoms with Crippen LogP contribution >= 0.6 is 0 Å². The highest BCUT2D eigenvalue weighted by Gasteiger charge is 2.56. The molecule has 100 valence electrons. The summed E-state index contributed by atoms with van der Waals surface area (Å²) in [6, 6.07) is 7.25. The Morgan fingerprint density at radius 2 is 2.11 bits per heavy atom. The lowest BCUT2D eigenvalue weighted by Crippen LogP contribution is -2.53. The molecule has 0 radical (unpaired) electrons. The van der Waals surface area contributed by atoms with Crippen LogP contribution in [0, 0.1) is 0 Å². The van der Waals surface area contributed by atoms with E-state index in [2.05, 4.69) is 20.6 Å². The molecule has 0 bridgehead atoms. The van der Waals surface area contributed by atoms with Crippen LogP contribution in [0.3, 0.4) is 0 Å². The van der Waals surface area contributed by atoms with Gasteiger partial charge < -0.3 is 5.73 Å². The second kappa shape index (κ2) is 4.06. The first-order valence-corrected chi connectivity index (χ1v) is 5.97. The van der Waals surface area contributed by atoms with Crippen molar-refractivity contribution in [1.29, 1.82) is 0 Å². The highest BCUT2D eigenvalue weighted by atomic mass is 19.3. The molecule has 0 saturated heterocycles. The molecule has 2 aromatic rings. The molecule has 0 atom stereocenters. The van der Waals surface area contributed by atoms with Gasteiger partial charge in [-0.25, -0.2) is 8.78 Å². The Morgan fingerprint density at radius 3 is 2.68 bits per heavy atom. The summed E-state index contributed by atoms with van der Waals surface area (Å²) < 4.78 is 26.4. The van der Waals surface area contributed by atoms with Gasteiger partial charge in [-0.1, -0.05) is 18.2 Å². The summed E-state index contributed by atoms with van der Waals surface area (Å²) in [6.07, 6.45) is -0.404. The van der Waals surface area contributed by atoms with E-state index >= 15 is 0 Å². The first kappa shape index (κ1) is 12.2. The molecule has 1 heterocycles. The Balaban J connectivity index is 1.96. The highest BCUT2D eigenvalue weighted by Crippen LogP contribution is 2.53. The van der Waals surface area contributed by atoms with Crippen LogP contribution in [0.15, 0.2) is 24.3 Å². The Morgan fingerprint density at radius 1 is 1.32 bits per heavy atom. The van der Waals surface area contributed by atoms with Gasteiger partial charge in [-0.2, -0.15) is 5.21 Å². The van der Waals surface area contributed by atoms with Gasteiger partial charge in [0.25, 0.3) is 0 Å². The number of rotatable bonds is 3. The Kier molecular flexibility index (Phi) is 2.60. The van der Waals surface area contributed by atoms with Crippen LogP contribution < -0.4 is 5.73 Å². The molecule has 19 heavy (non-hydrogen) atoms. The van der Waals surface area contributed by atoms with Crippen molar-refractivity contribution in [2.24, 2.45) is 5.73 Å². The van der Waals surface area contributed by atoms with Gasteiger partial charge in [0, 0.05) is 30.4 Å². The maximum absolute atomic E-state index is 13.2. The van der Waals surface area contributed by atoms with Crippen LogP contribution in [0.1, 0.15) is 18.4 Å². The molecule has 0 unspecified atom stereocenters. The van der Waals surface area contributed by atoms with Gasteiger partial charge in [0.05, 0.1) is 0 Å². The highest BCUT2D eigenvalue weighted by molar-refractivity contribution is 5.56. The van der Waals surface area contributed by atoms with Crippen LogP contribution in [0.5, 0.6) is 0 Å². The molecule has 1 fully saturated rings. The SMILES string of the molecule is NCC1(c2cccc(-c3nn[nH]n3)c2)CC(F)(F)C1. The molecule has 5 nitrogen and oxygen atoms in total. The largest absolute Gasteiger partial charge is 0.330 e. The Labute approximate surface area is 108 Å². The van der Waals surface area contributed by atoms with Crippen LogP contribution in [0.4, 0.5) is 8.78 Å². The maximum atomic E-state index is 13.2. The molecule has 0 aliphatic heterocycles. The minimum Gasteiger partial charge on any atom is -0.330 e. The van der Waals surface area contributed by atoms with Crippen molar-refractivity contribution in [3.63, 3.8) is 0 Å². The lowest BCUT2D eigenvalue weighted by atomic mass is 9.62. The number of nitrogens with one attached hydrogen (secondary N) is 1. The van der Waals surface area contributed by atoms with Gasteiger partial charge in [0.1, 0.15) is 0 Å². The topological polar surface area (TPSA) is 80.5 Å². The van der Waals surface area contributed by atoms with Crippen LogP contribution in [0.25, 0.3) is 11.4 Å². The lowest BCUT2D eigenvalue weighted by Gasteiger charge is -2.47. The van der Waals surface area contributed by atoms with Crippen molar-refractivity contribution in [3.8, 4) is 11.4 Å². The summed E-state index contributed by atoms with van der Waals surface area (Å²) in [6.45, 7) is 0.207. The van der Waals surface area contributed by atoms with Crippen LogP contribution in [-0.2, 0) is 5.41 Å². The van der Waals surface area contributed by atoms with E-state index in [1.165, 1.54) is 0 Å². The molecule has 1 aliphatic carbocycles. The van der Waals surface area contributed by atoms with Gasteiger partial charge in [-0.05, 0) is 16.8 Å². The molecular formula is C12H13F2N5. The molecule has 0 amide bonds. The summed E-state index contributed by atoms with van der Waals surface area (Å²) >= 11 is 0. The lowest BCUT2D eigenvalue weighted by molar-refractivity contribution is -0.123. The number of nitrogens with two attached hydrogens (primary N) is 1. The summed E-state index contributed by atoms with van der Waals surface area (Å²) in [5.41, 5.74) is 6.63. The van der Waals surface area contributed by atoms with Gasteiger partial charge in [0.2, 0.25) is 11.7 Å². The van der Waals surface area contributed by atoms with Crippen LogP contribution in [-0.4, -0.2) is 33.1 Å². The number of hydrogen-bond donors (Lipinski definition) is 2. The Hall–Kier alpha value is -1.89. The Bertz CT molecular complexity index is 574. The average Bonchev–Trinajstić information content (AvgIpc) is 2.89. The molecule has 0 spiro atoms. The molecule has 1 aromatic heterocycles. The second-order valence-corrected chi connectivity index (χ2v) is 5.01. The van der Waals surface area contributed by atoms with Crippen molar-refractivity contribution in [1.82, 2.24) is 20.6 Å². The predicted octanol–water partition coefficient (Wildman–Crippen LogP) is 1.49. The van der Waals surface area contributed by atoms with Gasteiger partial charge in [0.15, 0.2) is 0 Å². The van der Waals surface area contributed by atoms with E-state index in [0.29, 0.717) is 5.82 Å². The molecule has 1 saturated carbocycles. The van der Waals surface area contributed by atoms with Crippen LogP contribution in [0.2, 0.25) is 0 Å². The number of hydrogen-bond acceptors (Lipinski definition) is 4. The number of benzene rings is 1. The minimum atomic E-state index is -2.61. The normalized spacial score (nSPS) is 19.9. The zero-order valence-electron chi connectivity index (χ0n) is 10.1. The van der Waals surface area contributed by atoms with Gasteiger partial charge in [-0.15, -0.1) is 10.2 Å². The number of nitrogens with zero attached hydrogens (tertiary/aromatic N) is 3.